The maximum atomic E-state index is 11.5. The summed E-state index contributed by atoms with van der Waals surface area (Å²) in [5.41, 5.74) is 5.43. The summed E-state index contributed by atoms with van der Waals surface area (Å²) in [6, 6.07) is 2.66. The number of hydrogen-bond donors (Lipinski definition) is 2. The van der Waals surface area contributed by atoms with Crippen LogP contribution in [-0.4, -0.2) is 30.0 Å². The average molecular weight is 251 g/mol. The summed E-state index contributed by atoms with van der Waals surface area (Å²) in [6.07, 6.45) is 1.36. The molecule has 98 valence electrons. The van der Waals surface area contributed by atoms with Crippen LogP contribution in [0, 0.1) is 5.92 Å². The quantitative estimate of drug-likeness (QED) is 0.754. The van der Waals surface area contributed by atoms with Crippen LogP contribution >= 0.6 is 0 Å². The van der Waals surface area contributed by atoms with Gasteiger partial charge in [-0.3, -0.25) is 4.79 Å². The minimum Gasteiger partial charge on any atom is -0.467 e. The molecule has 0 aliphatic rings. The Kier molecular flexibility index (Phi) is 4.65. The van der Waals surface area contributed by atoms with Gasteiger partial charge in [-0.25, -0.2) is 9.78 Å². The summed E-state index contributed by atoms with van der Waals surface area (Å²) in [7, 11) is 1.34. The Morgan fingerprint density at radius 2 is 2.06 bits per heavy atom. The van der Waals surface area contributed by atoms with Crippen molar-refractivity contribution in [1.82, 2.24) is 4.98 Å². The van der Waals surface area contributed by atoms with E-state index in [1.165, 1.54) is 13.3 Å². The maximum absolute atomic E-state index is 11.5. The van der Waals surface area contributed by atoms with E-state index in [-0.39, 0.29) is 11.9 Å². The number of esters is 1. The molecule has 0 bridgehead atoms. The van der Waals surface area contributed by atoms with Crippen LogP contribution in [0.15, 0.2) is 18.3 Å². The molecule has 1 heterocycles. The van der Waals surface area contributed by atoms with Crippen molar-refractivity contribution in [3.8, 4) is 0 Å². The van der Waals surface area contributed by atoms with Crippen LogP contribution in [-0.2, 0) is 9.53 Å². The largest absolute Gasteiger partial charge is 0.467 e. The number of amides is 1. The molecular formula is C12H17N3O3. The van der Waals surface area contributed by atoms with Crippen LogP contribution < -0.4 is 11.1 Å². The fraction of sp³-hybridized carbons (Fsp3) is 0.417. The molecule has 1 rings (SSSR count). The number of methoxy groups -OCH3 is 1. The van der Waals surface area contributed by atoms with E-state index in [4.69, 9.17) is 10.5 Å². The molecule has 0 fully saturated rings. The number of pyridine rings is 1. The minimum absolute atomic E-state index is 0.0510. The number of ether oxygens (including phenoxy) is 1. The van der Waals surface area contributed by atoms with Gasteiger partial charge in [0.2, 0.25) is 5.91 Å². The van der Waals surface area contributed by atoms with Gasteiger partial charge in [0, 0.05) is 6.20 Å². The summed E-state index contributed by atoms with van der Waals surface area (Å²) in [6.45, 7) is 3.79. The lowest BCUT2D eigenvalue weighted by Crippen LogP contribution is -2.35. The Bertz CT molecular complexity index is 429. The number of aromatic nitrogens is 1. The van der Waals surface area contributed by atoms with Gasteiger partial charge < -0.3 is 15.8 Å². The van der Waals surface area contributed by atoms with Crippen LogP contribution in [0.4, 0.5) is 5.82 Å². The number of anilines is 1. The molecule has 1 aromatic rings. The van der Waals surface area contributed by atoms with E-state index in [1.54, 1.807) is 12.1 Å². The fourth-order valence-corrected chi connectivity index (χ4v) is 1.41. The third-order valence-corrected chi connectivity index (χ3v) is 2.47. The normalized spacial score (nSPS) is 12.0. The van der Waals surface area contributed by atoms with E-state index in [2.05, 4.69) is 10.3 Å². The predicted octanol–water partition coefficient (Wildman–Crippen LogP) is 0.790. The number of nitrogens with one attached hydrogen (secondary N) is 1. The molecule has 0 saturated heterocycles. The molecule has 1 aromatic heterocycles. The van der Waals surface area contributed by atoms with Crippen molar-refractivity contribution in [2.75, 3.05) is 12.4 Å². The van der Waals surface area contributed by atoms with Crippen molar-refractivity contribution in [1.29, 1.82) is 0 Å². The molecule has 0 aliphatic heterocycles. The number of nitrogens with zero attached hydrogens (tertiary/aromatic N) is 1. The molecule has 0 aromatic carbocycles. The molecule has 18 heavy (non-hydrogen) atoms. The minimum atomic E-state index is -0.539. The van der Waals surface area contributed by atoms with Gasteiger partial charge in [0.05, 0.1) is 12.7 Å². The summed E-state index contributed by atoms with van der Waals surface area (Å²) in [5.74, 6) is -0.354. The van der Waals surface area contributed by atoms with Crippen molar-refractivity contribution in [2.45, 2.75) is 19.9 Å². The zero-order valence-corrected chi connectivity index (χ0v) is 10.6. The maximum Gasteiger partial charge on any atom is 0.328 e. The first-order valence-corrected chi connectivity index (χ1v) is 5.56. The fourth-order valence-electron chi connectivity index (χ4n) is 1.41. The highest BCUT2D eigenvalue weighted by Crippen LogP contribution is 2.12. The Balaban J connectivity index is 2.81. The standard InChI is InChI=1S/C12H17N3O3/c1-7(2)10(12(17)18-3)15-9-5-4-8(6-14-9)11(13)16/h4-7,10H,1-3H3,(H2,13,16)(H,14,15). The summed E-state index contributed by atoms with van der Waals surface area (Å²) in [4.78, 5) is 26.5. The number of hydrogen-bond acceptors (Lipinski definition) is 5. The highest BCUT2D eigenvalue weighted by molar-refractivity contribution is 5.92. The van der Waals surface area contributed by atoms with Crippen molar-refractivity contribution >= 4 is 17.7 Å². The number of rotatable bonds is 5. The number of carbonyl (C=O) groups excluding carboxylic acids is 2. The lowest BCUT2D eigenvalue weighted by molar-refractivity contribution is -0.142. The molecule has 1 unspecified atom stereocenters. The third kappa shape index (κ3) is 3.44. The summed E-state index contributed by atoms with van der Waals surface area (Å²) < 4.78 is 4.70. The molecule has 0 radical (unpaired) electrons. The van der Waals surface area contributed by atoms with Gasteiger partial charge in [0.25, 0.3) is 0 Å². The molecule has 0 aliphatic carbocycles. The van der Waals surface area contributed by atoms with Gasteiger partial charge in [-0.1, -0.05) is 13.8 Å². The Morgan fingerprint density at radius 3 is 2.44 bits per heavy atom. The van der Waals surface area contributed by atoms with Crippen molar-refractivity contribution in [2.24, 2.45) is 11.7 Å². The van der Waals surface area contributed by atoms with E-state index in [0.29, 0.717) is 11.4 Å². The highest BCUT2D eigenvalue weighted by Gasteiger charge is 2.23. The summed E-state index contributed by atoms with van der Waals surface area (Å²) >= 11 is 0. The molecule has 0 spiro atoms. The molecule has 1 atom stereocenters. The Hall–Kier alpha value is -2.11. The first kappa shape index (κ1) is 14.0. The topological polar surface area (TPSA) is 94.3 Å². The molecule has 6 heteroatoms. The molecule has 1 amide bonds. The smallest absolute Gasteiger partial charge is 0.328 e. The van der Waals surface area contributed by atoms with E-state index in [1.807, 2.05) is 13.8 Å². The van der Waals surface area contributed by atoms with E-state index >= 15 is 0 Å². The van der Waals surface area contributed by atoms with Gasteiger partial charge >= 0.3 is 5.97 Å². The second-order valence-electron chi connectivity index (χ2n) is 4.19. The van der Waals surface area contributed by atoms with Crippen LogP contribution in [0.2, 0.25) is 0 Å². The van der Waals surface area contributed by atoms with Gasteiger partial charge in [-0.15, -0.1) is 0 Å². The number of carbonyl (C=O) groups is 2. The zero-order valence-electron chi connectivity index (χ0n) is 10.6. The van der Waals surface area contributed by atoms with Gasteiger partial charge in [0.15, 0.2) is 0 Å². The molecular weight excluding hydrogens is 234 g/mol. The second kappa shape index (κ2) is 6.00. The van der Waals surface area contributed by atoms with Crippen molar-refractivity contribution < 1.29 is 14.3 Å². The van der Waals surface area contributed by atoms with Crippen LogP contribution in [0.3, 0.4) is 0 Å². The van der Waals surface area contributed by atoms with Gasteiger partial charge in [-0.05, 0) is 18.1 Å². The number of nitrogens with two attached hydrogens (primary N) is 1. The van der Waals surface area contributed by atoms with Gasteiger partial charge in [0.1, 0.15) is 11.9 Å². The third-order valence-electron chi connectivity index (χ3n) is 2.47. The molecule has 0 saturated carbocycles. The van der Waals surface area contributed by atoms with E-state index in [0.717, 1.165) is 0 Å². The molecule has 6 nitrogen and oxygen atoms in total. The van der Waals surface area contributed by atoms with E-state index < -0.39 is 11.9 Å². The number of primary amides is 1. The molecule has 3 N–H and O–H groups in total. The monoisotopic (exact) mass is 251 g/mol. The Morgan fingerprint density at radius 1 is 1.39 bits per heavy atom. The first-order chi connectivity index (χ1) is 8.45. The van der Waals surface area contributed by atoms with Crippen molar-refractivity contribution in [3.63, 3.8) is 0 Å². The highest BCUT2D eigenvalue weighted by atomic mass is 16.5. The lowest BCUT2D eigenvalue weighted by atomic mass is 10.0. The summed E-state index contributed by atoms with van der Waals surface area (Å²) in [5, 5.41) is 2.96. The zero-order chi connectivity index (χ0) is 13.7. The van der Waals surface area contributed by atoms with Crippen molar-refractivity contribution in [3.05, 3.63) is 23.9 Å². The first-order valence-electron chi connectivity index (χ1n) is 5.56. The predicted molar refractivity (Wildman–Crippen MR) is 67.0 cm³/mol. The second-order valence-corrected chi connectivity index (χ2v) is 4.19. The van der Waals surface area contributed by atoms with Gasteiger partial charge in [-0.2, -0.15) is 0 Å². The van der Waals surface area contributed by atoms with Crippen LogP contribution in [0.1, 0.15) is 24.2 Å². The lowest BCUT2D eigenvalue weighted by Gasteiger charge is -2.20. The van der Waals surface area contributed by atoms with Crippen LogP contribution in [0.5, 0.6) is 0 Å². The SMILES string of the molecule is COC(=O)C(Nc1ccc(C(N)=O)cn1)C(C)C. The van der Waals surface area contributed by atoms with E-state index in [9.17, 15) is 9.59 Å². The Labute approximate surface area is 106 Å². The van der Waals surface area contributed by atoms with Crippen LogP contribution in [0.25, 0.3) is 0 Å². The average Bonchev–Trinajstić information content (AvgIpc) is 2.35.